The molecule has 0 bridgehead atoms. The Morgan fingerprint density at radius 2 is 1.85 bits per heavy atom. The summed E-state index contributed by atoms with van der Waals surface area (Å²) in [5, 5.41) is 3.21. The van der Waals surface area contributed by atoms with Gasteiger partial charge in [0.2, 0.25) is 5.60 Å². The van der Waals surface area contributed by atoms with Gasteiger partial charge in [0.05, 0.1) is 24.0 Å². The van der Waals surface area contributed by atoms with Gasteiger partial charge < -0.3 is 14.8 Å². The molecule has 1 spiro atoms. The number of allylic oxidation sites excluding steroid dienone is 2. The average Bonchev–Trinajstić information content (AvgIpc) is 3.43. The highest BCUT2D eigenvalue weighted by atomic mass is 16.6. The first kappa shape index (κ1) is 23.0. The summed E-state index contributed by atoms with van der Waals surface area (Å²) in [5.41, 5.74) is -0.0388. The maximum Gasteiger partial charge on any atom is 0.310 e. The number of carbonyl (C=O) groups excluding carboxylic acids is 3. The standard InChI is InChI=1S/C28H33NO5/c1-16-9-8-12-20-25-27(4,34-25)18(3)23-21(15-19-10-6-5-7-11-19)29-26(32)28(20,23)33-22(30)14-13-17(2)24(16)31/h5-8,10-13,16,18,20-21,23,25H,9,14-15H2,1-4H3,(H,29,32)/b12-8-,17-13-/t16-,18-,20-,21-,23-,25-,27+,28+/m0/s1. The van der Waals surface area contributed by atoms with E-state index in [2.05, 4.69) is 31.3 Å². The minimum absolute atomic E-state index is 0.00768. The Balaban J connectivity index is 1.58. The first-order valence-electron chi connectivity index (χ1n) is 12.3. The molecule has 3 fully saturated rings. The molecule has 1 amide bonds. The zero-order valence-corrected chi connectivity index (χ0v) is 20.2. The van der Waals surface area contributed by atoms with Crippen molar-refractivity contribution in [2.24, 2.45) is 23.7 Å². The van der Waals surface area contributed by atoms with Gasteiger partial charge in [0.15, 0.2) is 5.78 Å². The summed E-state index contributed by atoms with van der Waals surface area (Å²) < 4.78 is 12.5. The van der Waals surface area contributed by atoms with Gasteiger partial charge >= 0.3 is 5.97 Å². The largest absolute Gasteiger partial charge is 0.448 e. The van der Waals surface area contributed by atoms with Gasteiger partial charge in [-0.1, -0.05) is 62.4 Å². The highest BCUT2D eigenvalue weighted by Crippen LogP contribution is 2.63. The molecule has 2 saturated heterocycles. The Hall–Kier alpha value is -2.73. The maximum atomic E-state index is 13.8. The van der Waals surface area contributed by atoms with Crippen molar-refractivity contribution in [1.82, 2.24) is 5.32 Å². The number of benzene rings is 1. The van der Waals surface area contributed by atoms with Crippen molar-refractivity contribution in [3.05, 3.63) is 59.7 Å². The Morgan fingerprint density at radius 3 is 2.59 bits per heavy atom. The lowest BCUT2D eigenvalue weighted by Gasteiger charge is -2.46. The molecule has 3 aliphatic heterocycles. The summed E-state index contributed by atoms with van der Waals surface area (Å²) in [7, 11) is 0. The molecule has 1 aromatic carbocycles. The molecule has 1 aromatic rings. The van der Waals surface area contributed by atoms with Crippen molar-refractivity contribution >= 4 is 17.7 Å². The predicted molar refractivity (Wildman–Crippen MR) is 127 cm³/mol. The predicted octanol–water partition coefficient (Wildman–Crippen LogP) is 3.55. The summed E-state index contributed by atoms with van der Waals surface area (Å²) in [6.07, 6.45) is 6.53. The number of hydrogen-bond acceptors (Lipinski definition) is 5. The number of epoxide rings is 1. The van der Waals surface area contributed by atoms with Gasteiger partial charge in [0.25, 0.3) is 5.91 Å². The van der Waals surface area contributed by atoms with Crippen molar-refractivity contribution in [2.75, 3.05) is 0 Å². The molecule has 6 heteroatoms. The molecule has 4 aliphatic rings. The number of hydrogen-bond donors (Lipinski definition) is 1. The van der Waals surface area contributed by atoms with E-state index in [1.165, 1.54) is 0 Å². The molecule has 34 heavy (non-hydrogen) atoms. The molecular weight excluding hydrogens is 430 g/mol. The molecule has 3 heterocycles. The molecule has 0 radical (unpaired) electrons. The van der Waals surface area contributed by atoms with Crippen LogP contribution in [0.2, 0.25) is 0 Å². The maximum absolute atomic E-state index is 13.8. The van der Waals surface area contributed by atoms with Crippen LogP contribution in [0.5, 0.6) is 0 Å². The molecular formula is C28H33NO5. The number of ether oxygens (including phenoxy) is 2. The Morgan fingerprint density at radius 1 is 1.12 bits per heavy atom. The highest BCUT2D eigenvalue weighted by molar-refractivity contribution is 5.97. The minimum atomic E-state index is -1.33. The van der Waals surface area contributed by atoms with E-state index in [1.807, 2.05) is 37.3 Å². The second-order valence-corrected chi connectivity index (χ2v) is 10.6. The minimum Gasteiger partial charge on any atom is -0.448 e. The molecule has 1 aliphatic carbocycles. The Kier molecular flexibility index (Phi) is 5.55. The topological polar surface area (TPSA) is 85.0 Å². The lowest BCUT2D eigenvalue weighted by atomic mass is 9.59. The van der Waals surface area contributed by atoms with Crippen LogP contribution < -0.4 is 5.32 Å². The first-order chi connectivity index (χ1) is 16.2. The quantitative estimate of drug-likeness (QED) is 0.412. The lowest BCUT2D eigenvalue weighted by Crippen LogP contribution is -2.61. The van der Waals surface area contributed by atoms with Crippen LogP contribution in [0.4, 0.5) is 0 Å². The fourth-order valence-electron chi connectivity index (χ4n) is 6.50. The lowest BCUT2D eigenvalue weighted by molar-refractivity contribution is -0.181. The number of ketones is 1. The number of esters is 1. The van der Waals surface area contributed by atoms with Gasteiger partial charge in [0, 0.05) is 17.9 Å². The molecule has 8 atom stereocenters. The summed E-state index contributed by atoms with van der Waals surface area (Å²) in [5.74, 6) is -1.55. The molecule has 180 valence electrons. The normalized spacial score (nSPS) is 44.1. The van der Waals surface area contributed by atoms with Gasteiger partial charge in [-0.15, -0.1) is 0 Å². The van der Waals surface area contributed by atoms with E-state index in [9.17, 15) is 14.4 Å². The summed E-state index contributed by atoms with van der Waals surface area (Å²) >= 11 is 0. The van der Waals surface area contributed by atoms with E-state index in [-0.39, 0.29) is 53.6 Å². The molecule has 0 unspecified atom stereocenters. The van der Waals surface area contributed by atoms with Crippen molar-refractivity contribution in [3.8, 4) is 0 Å². The third-order valence-corrected chi connectivity index (χ3v) is 8.58. The van der Waals surface area contributed by atoms with Gasteiger partial charge in [0.1, 0.15) is 0 Å². The van der Waals surface area contributed by atoms with E-state index in [1.54, 1.807) is 13.0 Å². The number of carbonyl (C=O) groups is 3. The monoisotopic (exact) mass is 463 g/mol. The molecule has 0 aromatic heterocycles. The van der Waals surface area contributed by atoms with Crippen LogP contribution in [-0.2, 0) is 30.3 Å². The van der Waals surface area contributed by atoms with Gasteiger partial charge in [-0.05, 0) is 43.7 Å². The first-order valence-corrected chi connectivity index (χ1v) is 12.3. The van der Waals surface area contributed by atoms with Crippen LogP contribution >= 0.6 is 0 Å². The molecule has 1 saturated carbocycles. The molecule has 1 N–H and O–H groups in total. The fraction of sp³-hybridized carbons (Fsp3) is 0.536. The van der Waals surface area contributed by atoms with Crippen LogP contribution in [0.15, 0.2) is 54.1 Å². The number of Topliss-reactive ketones (excluding diaryl/α,β-unsaturated/α-hetero) is 1. The Labute approximate surface area is 200 Å². The number of amides is 1. The van der Waals surface area contributed by atoms with Crippen molar-refractivity contribution in [1.29, 1.82) is 0 Å². The van der Waals surface area contributed by atoms with E-state index < -0.39 is 17.5 Å². The smallest absolute Gasteiger partial charge is 0.310 e. The molecule has 6 nitrogen and oxygen atoms in total. The van der Waals surface area contributed by atoms with Crippen LogP contribution in [0.1, 0.15) is 46.1 Å². The van der Waals surface area contributed by atoms with E-state index in [4.69, 9.17) is 9.47 Å². The van der Waals surface area contributed by atoms with E-state index in [0.29, 0.717) is 18.4 Å². The Bertz CT molecular complexity index is 1080. The number of nitrogens with one attached hydrogen (secondary N) is 1. The zero-order valence-electron chi connectivity index (χ0n) is 20.2. The second kappa shape index (κ2) is 8.19. The van der Waals surface area contributed by atoms with E-state index >= 15 is 0 Å². The van der Waals surface area contributed by atoms with Crippen LogP contribution in [-0.4, -0.2) is 41.0 Å². The summed E-state index contributed by atoms with van der Waals surface area (Å²) in [6.45, 7) is 7.83. The van der Waals surface area contributed by atoms with E-state index in [0.717, 1.165) is 5.56 Å². The van der Waals surface area contributed by atoms with Crippen molar-refractivity contribution < 1.29 is 23.9 Å². The van der Waals surface area contributed by atoms with Gasteiger partial charge in [-0.25, -0.2) is 0 Å². The zero-order chi connectivity index (χ0) is 24.3. The summed E-state index contributed by atoms with van der Waals surface area (Å²) in [4.78, 5) is 39.5. The van der Waals surface area contributed by atoms with Crippen LogP contribution in [0, 0.1) is 23.7 Å². The summed E-state index contributed by atoms with van der Waals surface area (Å²) in [6, 6.07) is 9.89. The number of rotatable bonds is 2. The van der Waals surface area contributed by atoms with Gasteiger partial charge in [-0.2, -0.15) is 0 Å². The van der Waals surface area contributed by atoms with Gasteiger partial charge in [-0.3, -0.25) is 14.4 Å². The number of fused-ring (bicyclic) bond motifs is 2. The third-order valence-electron chi connectivity index (χ3n) is 8.58. The SMILES string of the molecule is C/C1=C/CC(=O)O[C@@]23C(=O)N[C@@H](Cc4ccccc4)[C@@H]2[C@H](C)[C@@]2(C)O[C@H]2[C@@H]3/C=C\C[C@H](C)C1=O. The van der Waals surface area contributed by atoms with Crippen molar-refractivity contribution in [2.45, 2.75) is 70.3 Å². The van der Waals surface area contributed by atoms with Crippen LogP contribution in [0.3, 0.4) is 0 Å². The second-order valence-electron chi connectivity index (χ2n) is 10.6. The van der Waals surface area contributed by atoms with Crippen molar-refractivity contribution in [3.63, 3.8) is 0 Å². The third kappa shape index (κ3) is 3.46. The average molecular weight is 464 g/mol. The molecule has 5 rings (SSSR count). The highest BCUT2D eigenvalue weighted by Gasteiger charge is 2.78. The van der Waals surface area contributed by atoms with Crippen LogP contribution in [0.25, 0.3) is 0 Å². The fourth-order valence-corrected chi connectivity index (χ4v) is 6.50.